The molecule has 4 N–H and O–H groups in total. The second-order valence-corrected chi connectivity index (χ2v) is 4.96. The highest BCUT2D eigenvalue weighted by atomic mass is 16.7. The molecule has 9 nitrogen and oxygen atoms in total. The van der Waals surface area contributed by atoms with Crippen molar-refractivity contribution in [2.24, 2.45) is 12.8 Å². The van der Waals surface area contributed by atoms with Crippen LogP contribution >= 0.6 is 0 Å². The molecule has 0 aliphatic carbocycles. The largest absolute Gasteiger partial charge is 0.466 e. The molecule has 0 fully saturated rings. The van der Waals surface area contributed by atoms with Gasteiger partial charge in [0.2, 0.25) is 0 Å². The second-order valence-electron chi connectivity index (χ2n) is 4.96. The van der Waals surface area contributed by atoms with Crippen LogP contribution in [-0.4, -0.2) is 42.0 Å². The molecule has 0 saturated heterocycles. The van der Waals surface area contributed by atoms with E-state index in [9.17, 15) is 4.79 Å². The molecular weight excluding hydrogens is 314 g/mol. The topological polar surface area (TPSA) is 124 Å². The molecule has 2 aromatic rings. The molecule has 2 rings (SSSR count). The van der Waals surface area contributed by atoms with Gasteiger partial charge in [-0.15, -0.1) is 0 Å². The monoisotopic (exact) mass is 335 g/mol. The van der Waals surface area contributed by atoms with E-state index in [1.165, 1.54) is 7.11 Å². The van der Waals surface area contributed by atoms with Gasteiger partial charge in [-0.05, 0) is 13.0 Å². The van der Waals surface area contributed by atoms with Crippen LogP contribution in [0.4, 0.5) is 0 Å². The predicted molar refractivity (Wildman–Crippen MR) is 87.9 cm³/mol. The summed E-state index contributed by atoms with van der Waals surface area (Å²) in [7, 11) is 3.30. The molecule has 0 aromatic carbocycles. The molecule has 0 radical (unpaired) electrons. The fourth-order valence-corrected chi connectivity index (χ4v) is 2.36. The molecule has 0 bridgehead atoms. The number of pyridine rings is 1. The third-order valence-corrected chi connectivity index (χ3v) is 3.39. The molecule has 0 spiro atoms. The molecule has 0 saturated carbocycles. The molecule has 0 atom stereocenters. The first-order chi connectivity index (χ1) is 11.5. The summed E-state index contributed by atoms with van der Waals surface area (Å²) in [5, 5.41) is 10.6. The van der Waals surface area contributed by atoms with Crippen LogP contribution in [0.5, 0.6) is 5.75 Å². The first-order valence-corrected chi connectivity index (χ1v) is 7.33. The minimum Gasteiger partial charge on any atom is -0.466 e. The maximum Gasteiger partial charge on any atom is 0.340 e. The fraction of sp³-hybridized carbons (Fsp3) is 0.400. The second kappa shape index (κ2) is 7.64. The Balaban J connectivity index is 2.56. The maximum atomic E-state index is 12.4. The number of nitrogens with zero attached hydrogens (tertiary/aromatic N) is 2. The molecule has 130 valence electrons. The van der Waals surface area contributed by atoms with Gasteiger partial charge in [0, 0.05) is 19.5 Å². The summed E-state index contributed by atoms with van der Waals surface area (Å²) >= 11 is 0. The maximum absolute atomic E-state index is 12.4. The standard InChI is InChI=1S/C15H21N5O4/c1-4-23-14(21)12-10-5-9(24-8-22-3)6-18-13(10)20(2)11(12)7-19-15(16)17/h5-6H,4,7-8H2,1-3H3,(H4,16,17,19). The van der Waals surface area contributed by atoms with Crippen molar-refractivity contribution in [1.82, 2.24) is 14.9 Å². The van der Waals surface area contributed by atoms with E-state index in [0.717, 1.165) is 0 Å². The highest BCUT2D eigenvalue weighted by Gasteiger charge is 2.23. The number of rotatable bonds is 7. The summed E-state index contributed by atoms with van der Waals surface area (Å²) in [6, 6.07) is 1.71. The van der Waals surface area contributed by atoms with Gasteiger partial charge in [0.05, 0.1) is 30.6 Å². The van der Waals surface area contributed by atoms with Crippen molar-refractivity contribution in [3.05, 3.63) is 23.5 Å². The normalized spacial score (nSPS) is 10.6. The Hall–Kier alpha value is -2.81. The lowest BCUT2D eigenvalue weighted by Gasteiger charge is -2.08. The lowest BCUT2D eigenvalue weighted by Crippen LogP contribution is -2.31. The van der Waals surface area contributed by atoms with Crippen molar-refractivity contribution in [3.63, 3.8) is 0 Å². The number of hydrogen-bond donors (Lipinski definition) is 3. The Morgan fingerprint density at radius 3 is 2.88 bits per heavy atom. The van der Waals surface area contributed by atoms with Crippen molar-refractivity contribution >= 4 is 23.0 Å². The van der Waals surface area contributed by atoms with E-state index in [0.29, 0.717) is 28.0 Å². The number of aromatic nitrogens is 2. The van der Waals surface area contributed by atoms with Gasteiger partial charge in [-0.2, -0.15) is 0 Å². The Kier molecular flexibility index (Phi) is 5.59. The van der Waals surface area contributed by atoms with Crippen molar-refractivity contribution < 1.29 is 19.0 Å². The highest BCUT2D eigenvalue weighted by Crippen LogP contribution is 2.28. The van der Waals surface area contributed by atoms with Crippen LogP contribution in [-0.2, 0) is 23.1 Å². The van der Waals surface area contributed by atoms with Gasteiger partial charge in [0.25, 0.3) is 0 Å². The van der Waals surface area contributed by atoms with Gasteiger partial charge in [0.1, 0.15) is 11.4 Å². The summed E-state index contributed by atoms with van der Waals surface area (Å²) in [5.41, 5.74) is 6.94. The zero-order valence-electron chi connectivity index (χ0n) is 13.9. The molecule has 9 heteroatoms. The van der Waals surface area contributed by atoms with E-state index in [1.54, 1.807) is 30.8 Å². The van der Waals surface area contributed by atoms with Crippen molar-refractivity contribution in [2.75, 3.05) is 20.5 Å². The van der Waals surface area contributed by atoms with Crippen LogP contribution in [0.25, 0.3) is 11.0 Å². The smallest absolute Gasteiger partial charge is 0.340 e. The number of nitrogens with two attached hydrogens (primary N) is 1. The highest BCUT2D eigenvalue weighted by molar-refractivity contribution is 6.05. The number of nitrogens with one attached hydrogen (secondary N) is 2. The molecule has 2 heterocycles. The number of ether oxygens (including phenoxy) is 3. The summed E-state index contributed by atoms with van der Waals surface area (Å²) in [5.74, 6) is -0.173. The third kappa shape index (κ3) is 3.57. The van der Waals surface area contributed by atoms with Gasteiger partial charge >= 0.3 is 5.97 Å². The van der Waals surface area contributed by atoms with Crippen molar-refractivity contribution in [2.45, 2.75) is 13.5 Å². The zero-order chi connectivity index (χ0) is 17.7. The first kappa shape index (κ1) is 17.5. The van der Waals surface area contributed by atoms with E-state index < -0.39 is 5.97 Å². The third-order valence-electron chi connectivity index (χ3n) is 3.39. The zero-order valence-corrected chi connectivity index (χ0v) is 13.9. The van der Waals surface area contributed by atoms with Crippen LogP contribution in [0.15, 0.2) is 12.3 Å². The van der Waals surface area contributed by atoms with Crippen LogP contribution < -0.4 is 15.8 Å². The Morgan fingerprint density at radius 1 is 1.50 bits per heavy atom. The van der Waals surface area contributed by atoms with Crippen LogP contribution in [0, 0.1) is 5.41 Å². The summed E-state index contributed by atoms with van der Waals surface area (Å²) < 4.78 is 17.2. The molecular formula is C15H21N5O4. The molecule has 0 amide bonds. The average molecular weight is 335 g/mol. The number of carbonyl (C=O) groups is 1. The van der Waals surface area contributed by atoms with Crippen LogP contribution in [0.3, 0.4) is 0 Å². The van der Waals surface area contributed by atoms with E-state index in [1.807, 2.05) is 0 Å². The van der Waals surface area contributed by atoms with Crippen molar-refractivity contribution in [1.29, 1.82) is 5.41 Å². The van der Waals surface area contributed by atoms with Crippen LogP contribution in [0.1, 0.15) is 23.0 Å². The molecule has 0 unspecified atom stereocenters. The molecule has 0 aliphatic heterocycles. The summed E-state index contributed by atoms with van der Waals surface area (Å²) in [4.78, 5) is 16.8. The average Bonchev–Trinajstić information content (AvgIpc) is 2.83. The summed E-state index contributed by atoms with van der Waals surface area (Å²) in [6.07, 6.45) is 1.55. The molecule has 24 heavy (non-hydrogen) atoms. The van der Waals surface area contributed by atoms with Gasteiger partial charge in [0.15, 0.2) is 12.8 Å². The first-order valence-electron chi connectivity index (χ1n) is 7.33. The number of esters is 1. The van der Waals surface area contributed by atoms with Crippen molar-refractivity contribution in [3.8, 4) is 5.75 Å². The van der Waals surface area contributed by atoms with Gasteiger partial charge < -0.3 is 29.8 Å². The number of carbonyl (C=O) groups excluding carboxylic acids is 1. The van der Waals surface area contributed by atoms with Gasteiger partial charge in [-0.25, -0.2) is 9.78 Å². The van der Waals surface area contributed by atoms with Gasteiger partial charge in [-0.3, -0.25) is 5.41 Å². The van der Waals surface area contributed by atoms with E-state index in [-0.39, 0.29) is 25.9 Å². The quantitative estimate of drug-likeness (QED) is 0.295. The molecule has 0 aliphatic rings. The van der Waals surface area contributed by atoms with Crippen LogP contribution in [0.2, 0.25) is 0 Å². The predicted octanol–water partition coefficient (Wildman–Crippen LogP) is 0.716. The van der Waals surface area contributed by atoms with E-state index in [4.69, 9.17) is 25.4 Å². The van der Waals surface area contributed by atoms with E-state index >= 15 is 0 Å². The summed E-state index contributed by atoms with van der Waals surface area (Å²) in [6.45, 7) is 2.27. The minimum atomic E-state index is -0.464. The Morgan fingerprint density at radius 2 is 2.25 bits per heavy atom. The number of methoxy groups -OCH3 is 1. The van der Waals surface area contributed by atoms with Gasteiger partial charge in [-0.1, -0.05) is 0 Å². The Labute approximate surface area is 139 Å². The number of aryl methyl sites for hydroxylation is 1. The number of hydrogen-bond acceptors (Lipinski definition) is 6. The van der Waals surface area contributed by atoms with E-state index in [2.05, 4.69) is 10.3 Å². The SMILES string of the molecule is CCOC(=O)c1c(CNC(=N)N)n(C)c2ncc(OCOC)cc12. The lowest BCUT2D eigenvalue weighted by molar-refractivity contribution is 0.0510. The molecule has 2 aromatic heterocycles. The number of fused-ring (bicyclic) bond motifs is 1. The fourth-order valence-electron chi connectivity index (χ4n) is 2.36. The minimum absolute atomic E-state index is 0.0769. The number of guanidine groups is 1. The Bertz CT molecular complexity index is 756. The lowest BCUT2D eigenvalue weighted by atomic mass is 10.1.